The van der Waals surface area contributed by atoms with Crippen molar-refractivity contribution in [3.05, 3.63) is 35.4 Å². The molecule has 1 aliphatic rings. The molecule has 1 aromatic rings. The quantitative estimate of drug-likeness (QED) is 0.923. The molecule has 132 valence electrons. The number of nitrogens with zero attached hydrogens (tertiary/aromatic N) is 1. The molecule has 0 atom stereocenters. The van der Waals surface area contributed by atoms with Crippen LogP contribution in [0.15, 0.2) is 24.3 Å². The molecule has 0 bridgehead atoms. The van der Waals surface area contributed by atoms with Crippen LogP contribution in [0.25, 0.3) is 0 Å². The van der Waals surface area contributed by atoms with Crippen molar-refractivity contribution in [2.75, 3.05) is 19.6 Å². The maximum absolute atomic E-state index is 12.1. The molecule has 1 saturated heterocycles. The van der Waals surface area contributed by atoms with Crippen molar-refractivity contribution in [2.45, 2.75) is 46.1 Å². The second-order valence-corrected chi connectivity index (χ2v) is 7.49. The first-order valence-electron chi connectivity index (χ1n) is 8.57. The molecule has 0 saturated carbocycles. The number of benzene rings is 1. The van der Waals surface area contributed by atoms with Gasteiger partial charge in [-0.15, -0.1) is 0 Å². The molecule has 0 unspecified atom stereocenters. The number of carbonyl (C=O) groups excluding carboxylic acids is 2. The summed E-state index contributed by atoms with van der Waals surface area (Å²) >= 11 is 0. The van der Waals surface area contributed by atoms with Gasteiger partial charge in [-0.05, 0) is 58.6 Å². The Bertz CT molecular complexity index is 567. The Labute approximate surface area is 144 Å². The molecule has 2 amide bonds. The largest absolute Gasteiger partial charge is 0.444 e. The molecular formula is C19H28N2O3. The van der Waals surface area contributed by atoms with E-state index in [9.17, 15) is 9.59 Å². The van der Waals surface area contributed by atoms with Crippen LogP contribution in [0.1, 0.15) is 49.5 Å². The predicted molar refractivity (Wildman–Crippen MR) is 94.0 cm³/mol. The first kappa shape index (κ1) is 18.3. The van der Waals surface area contributed by atoms with Crippen molar-refractivity contribution in [1.29, 1.82) is 0 Å². The van der Waals surface area contributed by atoms with Crippen LogP contribution in [-0.2, 0) is 4.74 Å². The molecular weight excluding hydrogens is 304 g/mol. The number of likely N-dealkylation sites (tertiary alicyclic amines) is 1. The monoisotopic (exact) mass is 332 g/mol. The normalized spacial score (nSPS) is 15.9. The van der Waals surface area contributed by atoms with Crippen LogP contribution < -0.4 is 5.32 Å². The molecule has 2 rings (SSSR count). The number of carbonyl (C=O) groups is 2. The number of hydrogen-bond acceptors (Lipinski definition) is 3. The molecule has 1 N–H and O–H groups in total. The molecule has 0 aromatic heterocycles. The fourth-order valence-corrected chi connectivity index (χ4v) is 2.69. The van der Waals surface area contributed by atoms with Crippen LogP contribution in [-0.4, -0.2) is 42.1 Å². The number of hydrogen-bond donors (Lipinski definition) is 1. The number of amides is 2. The maximum atomic E-state index is 12.1. The molecule has 1 heterocycles. The van der Waals surface area contributed by atoms with Gasteiger partial charge in [0.2, 0.25) is 0 Å². The summed E-state index contributed by atoms with van der Waals surface area (Å²) in [5, 5.41) is 3.00. The van der Waals surface area contributed by atoms with Gasteiger partial charge in [0.25, 0.3) is 5.91 Å². The van der Waals surface area contributed by atoms with Gasteiger partial charge >= 0.3 is 6.09 Å². The van der Waals surface area contributed by atoms with E-state index in [1.165, 1.54) is 0 Å². The molecule has 1 aliphatic heterocycles. The molecule has 0 aliphatic carbocycles. The van der Waals surface area contributed by atoms with E-state index in [2.05, 4.69) is 5.32 Å². The summed E-state index contributed by atoms with van der Waals surface area (Å²) in [6, 6.07) is 7.56. The molecule has 1 fully saturated rings. The van der Waals surface area contributed by atoms with E-state index in [1.54, 1.807) is 4.90 Å². The highest BCUT2D eigenvalue weighted by atomic mass is 16.6. The van der Waals surface area contributed by atoms with Gasteiger partial charge in [0, 0.05) is 25.2 Å². The first-order valence-corrected chi connectivity index (χ1v) is 8.57. The van der Waals surface area contributed by atoms with Crippen molar-refractivity contribution in [3.63, 3.8) is 0 Å². The van der Waals surface area contributed by atoms with E-state index < -0.39 is 5.60 Å². The van der Waals surface area contributed by atoms with E-state index in [4.69, 9.17) is 4.74 Å². The summed E-state index contributed by atoms with van der Waals surface area (Å²) in [5.41, 5.74) is 1.36. The summed E-state index contributed by atoms with van der Waals surface area (Å²) in [7, 11) is 0. The molecule has 0 spiro atoms. The van der Waals surface area contributed by atoms with Gasteiger partial charge in [-0.2, -0.15) is 0 Å². The molecule has 5 heteroatoms. The van der Waals surface area contributed by atoms with Gasteiger partial charge < -0.3 is 15.0 Å². The Morgan fingerprint density at radius 3 is 2.29 bits per heavy atom. The van der Waals surface area contributed by atoms with Gasteiger partial charge in [-0.3, -0.25) is 4.79 Å². The lowest BCUT2D eigenvalue weighted by Crippen LogP contribution is -2.43. The van der Waals surface area contributed by atoms with Crippen LogP contribution in [0.4, 0.5) is 4.79 Å². The Balaban J connectivity index is 1.74. The number of aryl methyl sites for hydroxylation is 1. The van der Waals surface area contributed by atoms with Crippen LogP contribution in [0, 0.1) is 12.8 Å². The second-order valence-electron chi connectivity index (χ2n) is 7.49. The highest BCUT2D eigenvalue weighted by Gasteiger charge is 2.26. The zero-order valence-corrected chi connectivity index (χ0v) is 15.1. The van der Waals surface area contributed by atoms with E-state index in [1.807, 2.05) is 52.0 Å². The number of nitrogens with one attached hydrogen (secondary N) is 1. The number of piperidine rings is 1. The number of rotatable bonds is 3. The zero-order chi connectivity index (χ0) is 17.7. The van der Waals surface area contributed by atoms with E-state index in [0.29, 0.717) is 31.1 Å². The minimum Gasteiger partial charge on any atom is -0.444 e. The summed E-state index contributed by atoms with van der Waals surface area (Å²) in [5.74, 6) is 0.364. The van der Waals surface area contributed by atoms with Crippen molar-refractivity contribution in [3.8, 4) is 0 Å². The summed E-state index contributed by atoms with van der Waals surface area (Å²) in [6.07, 6.45) is 1.52. The van der Waals surface area contributed by atoms with Crippen molar-refractivity contribution in [1.82, 2.24) is 10.2 Å². The minimum absolute atomic E-state index is 0.0374. The molecule has 5 nitrogen and oxygen atoms in total. The molecule has 0 radical (unpaired) electrons. The van der Waals surface area contributed by atoms with Gasteiger partial charge in [0.1, 0.15) is 5.60 Å². The average Bonchev–Trinajstić information content (AvgIpc) is 2.52. The minimum atomic E-state index is -0.462. The van der Waals surface area contributed by atoms with Crippen LogP contribution >= 0.6 is 0 Å². The van der Waals surface area contributed by atoms with Crippen LogP contribution in [0.5, 0.6) is 0 Å². The van der Waals surface area contributed by atoms with Gasteiger partial charge in [-0.25, -0.2) is 4.79 Å². The van der Waals surface area contributed by atoms with Gasteiger partial charge in [-0.1, -0.05) is 17.7 Å². The summed E-state index contributed by atoms with van der Waals surface area (Å²) in [4.78, 5) is 25.9. The van der Waals surface area contributed by atoms with Gasteiger partial charge in [0.15, 0.2) is 0 Å². The lowest BCUT2D eigenvalue weighted by molar-refractivity contribution is 0.0183. The van der Waals surface area contributed by atoms with Gasteiger partial charge in [0.05, 0.1) is 0 Å². The SMILES string of the molecule is Cc1ccc(C(=O)NCC2CCN(C(=O)OC(C)(C)C)CC2)cc1. The summed E-state index contributed by atoms with van der Waals surface area (Å²) in [6.45, 7) is 9.63. The average molecular weight is 332 g/mol. The lowest BCUT2D eigenvalue weighted by Gasteiger charge is -2.33. The standard InChI is InChI=1S/C19H28N2O3/c1-14-5-7-16(8-6-14)17(22)20-13-15-9-11-21(12-10-15)18(23)24-19(2,3)4/h5-8,15H,9-13H2,1-4H3,(H,20,22). The zero-order valence-electron chi connectivity index (χ0n) is 15.1. The maximum Gasteiger partial charge on any atom is 0.410 e. The third kappa shape index (κ3) is 5.55. The third-order valence-corrected chi connectivity index (χ3v) is 4.13. The third-order valence-electron chi connectivity index (χ3n) is 4.13. The van der Waals surface area contributed by atoms with Crippen molar-refractivity contribution >= 4 is 12.0 Å². The molecule has 24 heavy (non-hydrogen) atoms. The fraction of sp³-hybridized carbons (Fsp3) is 0.579. The topological polar surface area (TPSA) is 58.6 Å². The smallest absolute Gasteiger partial charge is 0.410 e. The van der Waals surface area contributed by atoms with E-state index in [0.717, 1.165) is 18.4 Å². The van der Waals surface area contributed by atoms with E-state index in [-0.39, 0.29) is 12.0 Å². The van der Waals surface area contributed by atoms with Crippen LogP contribution in [0.3, 0.4) is 0 Å². The van der Waals surface area contributed by atoms with Crippen molar-refractivity contribution in [2.24, 2.45) is 5.92 Å². The Hall–Kier alpha value is -2.04. The Morgan fingerprint density at radius 1 is 1.17 bits per heavy atom. The highest BCUT2D eigenvalue weighted by molar-refractivity contribution is 5.94. The second kappa shape index (κ2) is 7.69. The lowest BCUT2D eigenvalue weighted by atomic mass is 9.97. The summed E-state index contributed by atoms with van der Waals surface area (Å²) < 4.78 is 5.40. The predicted octanol–water partition coefficient (Wildman–Crippen LogP) is 3.37. The van der Waals surface area contributed by atoms with Crippen molar-refractivity contribution < 1.29 is 14.3 Å². The Morgan fingerprint density at radius 2 is 1.75 bits per heavy atom. The number of ether oxygens (including phenoxy) is 1. The van der Waals surface area contributed by atoms with E-state index >= 15 is 0 Å². The molecule has 1 aromatic carbocycles. The van der Waals surface area contributed by atoms with Crippen LogP contribution in [0.2, 0.25) is 0 Å². The first-order chi connectivity index (χ1) is 11.2. The highest BCUT2D eigenvalue weighted by Crippen LogP contribution is 2.19. The fourth-order valence-electron chi connectivity index (χ4n) is 2.69. The Kier molecular flexibility index (Phi) is 5.86.